The minimum Gasteiger partial charge on any atom is -0.449 e. The van der Waals surface area contributed by atoms with Gasteiger partial charge in [-0.15, -0.1) is 0 Å². The lowest BCUT2D eigenvalue weighted by atomic mass is 10.2. The van der Waals surface area contributed by atoms with Crippen LogP contribution in [-0.4, -0.2) is 28.9 Å². The molecule has 0 spiro atoms. The number of benzene rings is 1. The third-order valence-corrected chi connectivity index (χ3v) is 6.18. The lowest BCUT2D eigenvalue weighted by molar-refractivity contribution is 0.0925. The Morgan fingerprint density at radius 2 is 1.97 bits per heavy atom. The van der Waals surface area contributed by atoms with Crippen LogP contribution >= 0.6 is 0 Å². The second-order valence-corrected chi connectivity index (χ2v) is 8.47. The second-order valence-electron chi connectivity index (χ2n) is 6.63. The van der Waals surface area contributed by atoms with E-state index in [1.807, 2.05) is 0 Å². The average molecular weight is 410 g/mol. The molecule has 1 aromatic carbocycles. The van der Waals surface area contributed by atoms with Crippen molar-refractivity contribution in [3.05, 3.63) is 72.0 Å². The van der Waals surface area contributed by atoms with E-state index in [2.05, 4.69) is 15.3 Å². The first-order valence-corrected chi connectivity index (χ1v) is 10.3. The molecule has 29 heavy (non-hydrogen) atoms. The predicted octanol–water partition coefficient (Wildman–Crippen LogP) is 2.63. The summed E-state index contributed by atoms with van der Waals surface area (Å²) in [6.45, 7) is 1.97. The number of nitrogens with zero attached hydrogens (tertiary/aromatic N) is 3. The lowest BCUT2D eigenvalue weighted by Crippen LogP contribution is -2.22. The second kappa shape index (κ2) is 7.17. The molecule has 0 saturated heterocycles. The smallest absolute Gasteiger partial charge is 0.287 e. The van der Waals surface area contributed by atoms with Gasteiger partial charge >= 0.3 is 0 Å². The fraction of sp³-hybridized carbons (Fsp3) is 0.150. The van der Waals surface area contributed by atoms with E-state index >= 15 is 0 Å². The van der Waals surface area contributed by atoms with Gasteiger partial charge in [-0.05, 0) is 36.8 Å². The molecule has 4 rings (SSSR count). The average Bonchev–Trinajstić information content (AvgIpc) is 3.29. The summed E-state index contributed by atoms with van der Waals surface area (Å²) in [6, 6.07) is 9.74. The fourth-order valence-corrected chi connectivity index (χ4v) is 4.40. The molecule has 0 atom stereocenters. The summed E-state index contributed by atoms with van der Waals surface area (Å²) < 4.78 is 32.5. The van der Waals surface area contributed by atoms with Crippen LogP contribution in [0.1, 0.15) is 21.8 Å². The van der Waals surface area contributed by atoms with Crippen molar-refractivity contribution < 1.29 is 17.6 Å². The molecular weight excluding hydrogens is 392 g/mol. The van der Waals surface area contributed by atoms with E-state index < -0.39 is 9.84 Å². The number of carbonyl (C=O) groups is 1. The van der Waals surface area contributed by atoms with Gasteiger partial charge in [0.15, 0.2) is 11.3 Å². The molecule has 0 saturated carbocycles. The van der Waals surface area contributed by atoms with Gasteiger partial charge in [0, 0.05) is 31.4 Å². The van der Waals surface area contributed by atoms with Gasteiger partial charge in [-0.2, -0.15) is 0 Å². The van der Waals surface area contributed by atoms with E-state index in [-0.39, 0.29) is 28.3 Å². The SMILES string of the molecule is Cc1cn(C)c(S(=O)(=O)c2ccc(CNC(=O)c3cc4ccncc4o3)cc2)n1. The summed E-state index contributed by atoms with van der Waals surface area (Å²) in [5, 5.41) is 3.55. The van der Waals surface area contributed by atoms with Crippen molar-refractivity contribution >= 4 is 26.7 Å². The van der Waals surface area contributed by atoms with Crippen LogP contribution in [0.15, 0.2) is 69.5 Å². The number of pyridine rings is 1. The van der Waals surface area contributed by atoms with Gasteiger partial charge in [0.05, 0.1) is 16.8 Å². The molecule has 0 radical (unpaired) electrons. The van der Waals surface area contributed by atoms with Crippen LogP contribution in [0.4, 0.5) is 0 Å². The number of rotatable bonds is 5. The third-order valence-electron chi connectivity index (χ3n) is 4.43. The van der Waals surface area contributed by atoms with Crippen LogP contribution in [0.5, 0.6) is 0 Å². The van der Waals surface area contributed by atoms with Crippen molar-refractivity contribution in [3.63, 3.8) is 0 Å². The van der Waals surface area contributed by atoms with Crippen LogP contribution in [-0.2, 0) is 23.4 Å². The van der Waals surface area contributed by atoms with Gasteiger partial charge in [0.1, 0.15) is 0 Å². The number of amides is 1. The minimum absolute atomic E-state index is 0.00423. The van der Waals surface area contributed by atoms with Crippen LogP contribution in [0, 0.1) is 6.92 Å². The molecule has 0 unspecified atom stereocenters. The van der Waals surface area contributed by atoms with Gasteiger partial charge in [-0.25, -0.2) is 13.4 Å². The van der Waals surface area contributed by atoms with E-state index in [0.717, 1.165) is 10.9 Å². The van der Waals surface area contributed by atoms with Crippen molar-refractivity contribution in [1.29, 1.82) is 0 Å². The van der Waals surface area contributed by atoms with Gasteiger partial charge in [0.25, 0.3) is 5.91 Å². The Hall–Kier alpha value is -3.46. The molecule has 0 aliphatic rings. The molecule has 0 bridgehead atoms. The molecule has 0 fully saturated rings. The van der Waals surface area contributed by atoms with Gasteiger partial charge < -0.3 is 14.3 Å². The fourth-order valence-electron chi connectivity index (χ4n) is 3.00. The Kier molecular flexibility index (Phi) is 4.67. The monoisotopic (exact) mass is 410 g/mol. The normalized spacial score (nSPS) is 11.7. The molecule has 8 nitrogen and oxygen atoms in total. The molecule has 148 valence electrons. The topological polar surface area (TPSA) is 107 Å². The van der Waals surface area contributed by atoms with Crippen LogP contribution in [0.2, 0.25) is 0 Å². The molecule has 0 aliphatic carbocycles. The maximum Gasteiger partial charge on any atom is 0.287 e. The molecule has 0 aliphatic heterocycles. The van der Waals surface area contributed by atoms with Gasteiger partial charge in [-0.3, -0.25) is 9.78 Å². The van der Waals surface area contributed by atoms with Gasteiger partial charge in [0.2, 0.25) is 15.0 Å². The number of aromatic nitrogens is 3. The number of carbonyl (C=O) groups excluding carboxylic acids is 1. The van der Waals surface area contributed by atoms with Crippen LogP contribution < -0.4 is 5.32 Å². The standard InChI is InChI=1S/C20H18N4O4S/c1-13-12-24(2)20(23-13)29(26,27)16-5-3-14(4-6-16)10-22-19(25)17-9-15-7-8-21-11-18(15)28-17/h3-9,11-12H,10H2,1-2H3,(H,22,25). The summed E-state index contributed by atoms with van der Waals surface area (Å²) >= 11 is 0. The third kappa shape index (κ3) is 3.64. The van der Waals surface area contributed by atoms with Crippen LogP contribution in [0.25, 0.3) is 11.0 Å². The highest BCUT2D eigenvalue weighted by Gasteiger charge is 2.23. The zero-order chi connectivity index (χ0) is 20.6. The van der Waals surface area contributed by atoms with Crippen molar-refractivity contribution in [2.45, 2.75) is 23.5 Å². The highest BCUT2D eigenvalue weighted by Crippen LogP contribution is 2.21. The highest BCUT2D eigenvalue weighted by molar-refractivity contribution is 7.91. The predicted molar refractivity (Wildman–Crippen MR) is 105 cm³/mol. The Balaban J connectivity index is 1.47. The van der Waals surface area contributed by atoms with Crippen molar-refractivity contribution in [2.24, 2.45) is 7.05 Å². The highest BCUT2D eigenvalue weighted by atomic mass is 32.2. The summed E-state index contributed by atoms with van der Waals surface area (Å²) in [5.41, 5.74) is 1.93. The van der Waals surface area contributed by atoms with Crippen molar-refractivity contribution in [3.8, 4) is 0 Å². The number of nitrogens with one attached hydrogen (secondary N) is 1. The number of hydrogen-bond acceptors (Lipinski definition) is 6. The summed E-state index contributed by atoms with van der Waals surface area (Å²) in [7, 11) is -2.07. The Bertz CT molecular complexity index is 1270. The minimum atomic E-state index is -3.71. The van der Waals surface area contributed by atoms with E-state index in [0.29, 0.717) is 11.3 Å². The number of sulfone groups is 1. The summed E-state index contributed by atoms with van der Waals surface area (Å²) in [5.74, 6) is -0.168. The first kappa shape index (κ1) is 18.9. The quantitative estimate of drug-likeness (QED) is 0.542. The van der Waals surface area contributed by atoms with Crippen molar-refractivity contribution in [2.75, 3.05) is 0 Å². The number of aryl methyl sites for hydroxylation is 2. The Morgan fingerprint density at radius 1 is 1.21 bits per heavy atom. The van der Waals surface area contributed by atoms with Crippen molar-refractivity contribution in [1.82, 2.24) is 19.9 Å². The molecule has 3 heterocycles. The molecular formula is C20H18N4O4S. The first-order valence-electron chi connectivity index (χ1n) is 8.80. The number of imidazole rings is 1. The number of hydrogen-bond donors (Lipinski definition) is 1. The van der Waals surface area contributed by atoms with E-state index in [4.69, 9.17) is 4.42 Å². The summed E-state index contributed by atoms with van der Waals surface area (Å²) in [6.07, 6.45) is 4.83. The zero-order valence-corrected chi connectivity index (χ0v) is 16.6. The number of fused-ring (bicyclic) bond motifs is 1. The zero-order valence-electron chi connectivity index (χ0n) is 15.8. The summed E-state index contributed by atoms with van der Waals surface area (Å²) in [4.78, 5) is 20.5. The molecule has 1 amide bonds. The van der Waals surface area contributed by atoms with Gasteiger partial charge in [-0.1, -0.05) is 12.1 Å². The molecule has 1 N–H and O–H groups in total. The molecule has 3 aromatic heterocycles. The number of furan rings is 1. The maximum absolute atomic E-state index is 12.7. The lowest BCUT2D eigenvalue weighted by Gasteiger charge is -2.07. The largest absolute Gasteiger partial charge is 0.449 e. The molecule has 4 aromatic rings. The first-order chi connectivity index (χ1) is 13.8. The van der Waals surface area contributed by atoms with E-state index in [1.165, 1.54) is 16.7 Å². The molecule has 9 heteroatoms. The van der Waals surface area contributed by atoms with E-state index in [9.17, 15) is 13.2 Å². The Labute approximate surface area is 167 Å². The van der Waals surface area contributed by atoms with E-state index in [1.54, 1.807) is 56.8 Å². The Morgan fingerprint density at radius 3 is 2.62 bits per heavy atom. The van der Waals surface area contributed by atoms with Crippen LogP contribution in [0.3, 0.4) is 0 Å². The maximum atomic E-state index is 12.7.